The summed E-state index contributed by atoms with van der Waals surface area (Å²) in [6, 6.07) is 23.9. The van der Waals surface area contributed by atoms with Crippen LogP contribution in [0, 0.1) is 12.8 Å². The first-order valence-electron chi connectivity index (χ1n) is 10.9. The third-order valence-corrected chi connectivity index (χ3v) is 5.09. The molecular weight excluding hydrogens is 400 g/mol. The average Bonchev–Trinajstić information content (AvgIpc) is 2.79. The molecule has 0 bridgehead atoms. The predicted octanol–water partition coefficient (Wildman–Crippen LogP) is 5.36. The van der Waals surface area contributed by atoms with E-state index >= 15 is 0 Å². The second kappa shape index (κ2) is 11.1. The number of benzene rings is 3. The molecule has 0 saturated heterocycles. The molecule has 1 unspecified atom stereocenters. The van der Waals surface area contributed by atoms with Gasteiger partial charge in [0, 0.05) is 11.3 Å². The Morgan fingerprint density at radius 1 is 0.875 bits per heavy atom. The molecule has 1 atom stereocenters. The number of ether oxygens (including phenoxy) is 1. The molecule has 166 valence electrons. The number of nitrogens with one attached hydrogen (secondary N) is 2. The van der Waals surface area contributed by atoms with Gasteiger partial charge in [-0.15, -0.1) is 0 Å². The minimum Gasteiger partial charge on any atom is -0.489 e. The van der Waals surface area contributed by atoms with Gasteiger partial charge in [0.05, 0.1) is 0 Å². The highest BCUT2D eigenvalue weighted by Gasteiger charge is 2.23. The lowest BCUT2D eigenvalue weighted by molar-refractivity contribution is -0.118. The summed E-state index contributed by atoms with van der Waals surface area (Å²) in [7, 11) is 0. The average molecular weight is 431 g/mol. The van der Waals surface area contributed by atoms with Crippen LogP contribution in [-0.4, -0.2) is 17.9 Å². The number of rotatable bonds is 9. The van der Waals surface area contributed by atoms with Crippen LogP contribution >= 0.6 is 0 Å². The SMILES string of the molecule is Cc1ccccc1C(=O)NC(CC(C)C)C(=O)Nc1ccc(OCc2ccccc2)cc1. The third kappa shape index (κ3) is 6.71. The van der Waals surface area contributed by atoms with Crippen molar-refractivity contribution in [3.8, 4) is 5.75 Å². The predicted molar refractivity (Wildman–Crippen MR) is 128 cm³/mol. The fourth-order valence-corrected chi connectivity index (χ4v) is 3.37. The summed E-state index contributed by atoms with van der Waals surface area (Å²) in [5.74, 6) is 0.488. The monoisotopic (exact) mass is 430 g/mol. The molecule has 0 aliphatic carbocycles. The van der Waals surface area contributed by atoms with Crippen LogP contribution in [0.25, 0.3) is 0 Å². The number of anilines is 1. The first kappa shape index (κ1) is 23.1. The van der Waals surface area contributed by atoms with E-state index in [9.17, 15) is 9.59 Å². The Balaban J connectivity index is 1.61. The second-order valence-electron chi connectivity index (χ2n) is 8.26. The van der Waals surface area contributed by atoms with Crippen molar-refractivity contribution in [1.29, 1.82) is 0 Å². The molecule has 0 aliphatic rings. The van der Waals surface area contributed by atoms with Gasteiger partial charge >= 0.3 is 0 Å². The molecule has 2 amide bonds. The second-order valence-corrected chi connectivity index (χ2v) is 8.26. The number of aryl methyl sites for hydroxylation is 1. The standard InChI is InChI=1S/C27H30N2O3/c1-19(2)17-25(29-26(30)24-12-8-7-9-20(24)3)27(31)28-22-13-15-23(16-14-22)32-18-21-10-5-4-6-11-21/h4-16,19,25H,17-18H2,1-3H3,(H,28,31)(H,29,30). The Bertz CT molecular complexity index is 1030. The number of carbonyl (C=O) groups is 2. The molecule has 0 aromatic heterocycles. The summed E-state index contributed by atoms with van der Waals surface area (Å²) in [5.41, 5.74) is 3.19. The Morgan fingerprint density at radius 2 is 1.53 bits per heavy atom. The molecular formula is C27H30N2O3. The van der Waals surface area contributed by atoms with Gasteiger partial charge in [-0.2, -0.15) is 0 Å². The van der Waals surface area contributed by atoms with Crippen molar-refractivity contribution in [2.24, 2.45) is 5.92 Å². The molecule has 32 heavy (non-hydrogen) atoms. The third-order valence-electron chi connectivity index (χ3n) is 5.09. The van der Waals surface area contributed by atoms with Gasteiger partial charge in [0.1, 0.15) is 18.4 Å². The van der Waals surface area contributed by atoms with Crippen LogP contribution in [0.1, 0.15) is 41.8 Å². The summed E-state index contributed by atoms with van der Waals surface area (Å²) in [5, 5.41) is 5.81. The lowest BCUT2D eigenvalue weighted by Gasteiger charge is -2.21. The van der Waals surface area contributed by atoms with Crippen LogP contribution in [-0.2, 0) is 11.4 Å². The van der Waals surface area contributed by atoms with Crippen molar-refractivity contribution in [3.05, 3.63) is 95.6 Å². The van der Waals surface area contributed by atoms with Gasteiger partial charge in [-0.25, -0.2) is 0 Å². The van der Waals surface area contributed by atoms with E-state index in [4.69, 9.17) is 4.74 Å². The summed E-state index contributed by atoms with van der Waals surface area (Å²) >= 11 is 0. The molecule has 0 radical (unpaired) electrons. The fraction of sp³-hybridized carbons (Fsp3) is 0.259. The highest BCUT2D eigenvalue weighted by atomic mass is 16.5. The maximum atomic E-state index is 12.9. The van der Waals surface area contributed by atoms with Crippen LogP contribution in [0.2, 0.25) is 0 Å². The molecule has 5 nitrogen and oxygen atoms in total. The van der Waals surface area contributed by atoms with Gasteiger partial charge < -0.3 is 15.4 Å². The van der Waals surface area contributed by atoms with Crippen molar-refractivity contribution < 1.29 is 14.3 Å². The summed E-state index contributed by atoms with van der Waals surface area (Å²) in [6.07, 6.45) is 0.543. The summed E-state index contributed by atoms with van der Waals surface area (Å²) < 4.78 is 5.80. The van der Waals surface area contributed by atoms with E-state index in [0.29, 0.717) is 24.3 Å². The number of carbonyl (C=O) groups excluding carboxylic acids is 2. The van der Waals surface area contributed by atoms with Crippen LogP contribution in [0.4, 0.5) is 5.69 Å². The van der Waals surface area contributed by atoms with E-state index in [2.05, 4.69) is 10.6 Å². The molecule has 0 aliphatic heterocycles. The van der Waals surface area contributed by atoms with Gasteiger partial charge in [-0.05, 0) is 60.7 Å². The molecule has 3 aromatic rings. The van der Waals surface area contributed by atoms with Crippen molar-refractivity contribution in [1.82, 2.24) is 5.32 Å². The normalized spacial score (nSPS) is 11.6. The molecule has 0 heterocycles. The molecule has 0 spiro atoms. The van der Waals surface area contributed by atoms with E-state index in [1.807, 2.05) is 81.4 Å². The Morgan fingerprint density at radius 3 is 2.19 bits per heavy atom. The van der Waals surface area contributed by atoms with Gasteiger partial charge in [0.25, 0.3) is 5.91 Å². The van der Waals surface area contributed by atoms with Gasteiger partial charge in [-0.3, -0.25) is 9.59 Å². The van der Waals surface area contributed by atoms with Crippen molar-refractivity contribution >= 4 is 17.5 Å². The first-order valence-corrected chi connectivity index (χ1v) is 10.9. The van der Waals surface area contributed by atoms with Gasteiger partial charge in [0.2, 0.25) is 5.91 Å². The van der Waals surface area contributed by atoms with Crippen LogP contribution < -0.4 is 15.4 Å². The van der Waals surface area contributed by atoms with Crippen LogP contribution in [0.5, 0.6) is 5.75 Å². The van der Waals surface area contributed by atoms with Crippen LogP contribution in [0.3, 0.4) is 0 Å². The molecule has 3 aromatic carbocycles. The Labute approximate surface area is 189 Å². The van der Waals surface area contributed by atoms with Gasteiger partial charge in [-0.1, -0.05) is 62.4 Å². The lowest BCUT2D eigenvalue weighted by Crippen LogP contribution is -2.44. The first-order chi connectivity index (χ1) is 15.4. The minimum atomic E-state index is -0.629. The zero-order chi connectivity index (χ0) is 22.9. The maximum absolute atomic E-state index is 12.9. The van der Waals surface area contributed by atoms with Crippen molar-refractivity contribution in [2.75, 3.05) is 5.32 Å². The Kier molecular flexibility index (Phi) is 8.03. The Hall–Kier alpha value is -3.60. The minimum absolute atomic E-state index is 0.237. The zero-order valence-corrected chi connectivity index (χ0v) is 18.8. The quantitative estimate of drug-likeness (QED) is 0.480. The molecule has 0 saturated carbocycles. The molecule has 2 N–H and O–H groups in total. The summed E-state index contributed by atoms with van der Waals surface area (Å²) in [4.78, 5) is 25.7. The van der Waals surface area contributed by atoms with E-state index in [1.54, 1.807) is 18.2 Å². The lowest BCUT2D eigenvalue weighted by atomic mass is 10.0. The summed E-state index contributed by atoms with van der Waals surface area (Å²) in [6.45, 7) is 6.42. The van der Waals surface area contributed by atoms with Crippen molar-refractivity contribution in [2.45, 2.75) is 39.8 Å². The molecule has 0 fully saturated rings. The topological polar surface area (TPSA) is 67.4 Å². The van der Waals surface area contributed by atoms with E-state index in [1.165, 1.54) is 0 Å². The highest BCUT2D eigenvalue weighted by Crippen LogP contribution is 2.18. The molecule has 5 heteroatoms. The highest BCUT2D eigenvalue weighted by molar-refractivity contribution is 6.01. The van der Waals surface area contributed by atoms with Crippen LogP contribution in [0.15, 0.2) is 78.9 Å². The smallest absolute Gasteiger partial charge is 0.252 e. The molecule has 3 rings (SSSR count). The van der Waals surface area contributed by atoms with Gasteiger partial charge in [0.15, 0.2) is 0 Å². The number of hydrogen-bond acceptors (Lipinski definition) is 3. The largest absolute Gasteiger partial charge is 0.489 e. The number of hydrogen-bond donors (Lipinski definition) is 2. The zero-order valence-electron chi connectivity index (χ0n) is 18.8. The number of amides is 2. The van der Waals surface area contributed by atoms with E-state index in [0.717, 1.165) is 16.9 Å². The van der Waals surface area contributed by atoms with E-state index < -0.39 is 6.04 Å². The fourth-order valence-electron chi connectivity index (χ4n) is 3.37. The maximum Gasteiger partial charge on any atom is 0.252 e. The van der Waals surface area contributed by atoms with Crippen molar-refractivity contribution in [3.63, 3.8) is 0 Å². The van der Waals surface area contributed by atoms with E-state index in [-0.39, 0.29) is 17.7 Å².